The number of sulfonamides is 1. The second-order valence-electron chi connectivity index (χ2n) is 8.07. The van der Waals surface area contributed by atoms with Gasteiger partial charge in [-0.3, -0.25) is 9.36 Å². The molecule has 1 aromatic carbocycles. The van der Waals surface area contributed by atoms with E-state index in [2.05, 4.69) is 0 Å². The van der Waals surface area contributed by atoms with Crippen molar-refractivity contribution < 1.29 is 8.42 Å². The van der Waals surface area contributed by atoms with E-state index in [1.165, 1.54) is 18.4 Å². The molecule has 1 atom stereocenters. The molecule has 0 N–H and O–H groups in total. The Morgan fingerprint density at radius 1 is 1.06 bits per heavy atom. The van der Waals surface area contributed by atoms with Gasteiger partial charge in [-0.25, -0.2) is 13.2 Å². The van der Waals surface area contributed by atoms with Crippen LogP contribution in [0.4, 0.5) is 0 Å². The van der Waals surface area contributed by atoms with Crippen molar-refractivity contribution in [1.82, 2.24) is 18.3 Å². The fourth-order valence-corrected chi connectivity index (χ4v) is 5.28. The molecular weight excluding hydrogens is 463 g/mol. The molecule has 0 spiro atoms. The van der Waals surface area contributed by atoms with E-state index < -0.39 is 26.2 Å². The predicted octanol–water partition coefficient (Wildman–Crippen LogP) is 2.17. The van der Waals surface area contributed by atoms with E-state index in [9.17, 15) is 18.0 Å². The summed E-state index contributed by atoms with van der Waals surface area (Å²) in [6.07, 6.45) is 1.07. The van der Waals surface area contributed by atoms with Crippen molar-refractivity contribution in [2.24, 2.45) is 20.0 Å². The summed E-state index contributed by atoms with van der Waals surface area (Å²) in [6.45, 7) is 4.13. The molecule has 0 saturated carbocycles. The summed E-state index contributed by atoms with van der Waals surface area (Å²) in [5.41, 5.74) is -0.845. The Bertz CT molecular complexity index is 1160. The van der Waals surface area contributed by atoms with E-state index in [4.69, 9.17) is 23.2 Å². The van der Waals surface area contributed by atoms with Crippen molar-refractivity contribution in [1.29, 1.82) is 0 Å². The quantitative estimate of drug-likeness (QED) is 0.565. The summed E-state index contributed by atoms with van der Waals surface area (Å²) in [4.78, 5) is 26.2. The van der Waals surface area contributed by atoms with Gasteiger partial charge < -0.3 is 9.47 Å². The van der Waals surface area contributed by atoms with Crippen molar-refractivity contribution in [3.63, 3.8) is 0 Å². The third-order valence-electron chi connectivity index (χ3n) is 5.20. The summed E-state index contributed by atoms with van der Waals surface area (Å²) in [5.74, 6) is 0.143. The number of likely N-dealkylation sites (N-methyl/N-ethyl adjacent to an activating group) is 1. The molecular formula is C20H28Cl2N4O4S. The fourth-order valence-electron chi connectivity index (χ4n) is 3.36. The van der Waals surface area contributed by atoms with Gasteiger partial charge in [0.1, 0.15) is 0 Å². The zero-order chi connectivity index (χ0) is 23.7. The van der Waals surface area contributed by atoms with Crippen molar-refractivity contribution in [3.8, 4) is 0 Å². The van der Waals surface area contributed by atoms with E-state index in [0.717, 1.165) is 15.3 Å². The Morgan fingerprint density at radius 2 is 1.68 bits per heavy atom. The minimum atomic E-state index is -4.24. The molecule has 8 nitrogen and oxygen atoms in total. The molecule has 31 heavy (non-hydrogen) atoms. The molecule has 11 heteroatoms. The zero-order valence-corrected chi connectivity index (χ0v) is 20.8. The number of aryl methyl sites for hydroxylation is 1. The minimum Gasteiger partial charge on any atom is -0.305 e. The molecule has 0 saturated heterocycles. The summed E-state index contributed by atoms with van der Waals surface area (Å²) in [5, 5.41) is 0.669. The first-order chi connectivity index (χ1) is 14.3. The zero-order valence-electron chi connectivity index (χ0n) is 18.5. The van der Waals surface area contributed by atoms with Crippen LogP contribution in [-0.4, -0.2) is 53.4 Å². The number of nitrogens with zero attached hydrogens (tertiary/aromatic N) is 4. The van der Waals surface area contributed by atoms with Crippen LogP contribution in [0.2, 0.25) is 10.0 Å². The van der Waals surface area contributed by atoms with Crippen LogP contribution in [-0.2, 0) is 30.7 Å². The van der Waals surface area contributed by atoms with E-state index in [0.29, 0.717) is 15.6 Å². The number of benzene rings is 1. The van der Waals surface area contributed by atoms with Crippen molar-refractivity contribution in [2.45, 2.75) is 31.3 Å². The van der Waals surface area contributed by atoms with Gasteiger partial charge in [-0.1, -0.05) is 43.1 Å². The maximum Gasteiger partial charge on any atom is 0.330 e. The lowest BCUT2D eigenvalue weighted by Crippen LogP contribution is -2.47. The van der Waals surface area contributed by atoms with Gasteiger partial charge >= 0.3 is 5.69 Å². The van der Waals surface area contributed by atoms with Gasteiger partial charge in [-0.15, -0.1) is 0 Å². The topological polar surface area (TPSA) is 84.6 Å². The molecule has 172 valence electrons. The highest BCUT2D eigenvalue weighted by molar-refractivity contribution is 7.89. The number of aromatic nitrogens is 2. The standard InChI is InChI=1S/C20H28Cl2N4O4S/c1-13(2)17(23(3)4)11-26(10-14-7-8-15(21)16(22)9-14)31(29,30)18-12-24(5)20(28)25(6)19(18)27/h7-9,12-13,17H,10-11H2,1-6H3. The van der Waals surface area contributed by atoms with E-state index in [1.54, 1.807) is 18.2 Å². The summed E-state index contributed by atoms with van der Waals surface area (Å²) < 4.78 is 30.4. The van der Waals surface area contributed by atoms with Crippen molar-refractivity contribution in [3.05, 3.63) is 60.8 Å². The largest absolute Gasteiger partial charge is 0.330 e. The van der Waals surface area contributed by atoms with E-state index in [1.807, 2.05) is 32.8 Å². The van der Waals surface area contributed by atoms with Crippen LogP contribution in [0.25, 0.3) is 0 Å². The average Bonchev–Trinajstić information content (AvgIpc) is 2.67. The first-order valence-corrected chi connectivity index (χ1v) is 11.8. The predicted molar refractivity (Wildman–Crippen MR) is 123 cm³/mol. The van der Waals surface area contributed by atoms with Crippen LogP contribution in [0, 0.1) is 5.92 Å². The normalized spacial score (nSPS) is 13.4. The van der Waals surface area contributed by atoms with Gasteiger partial charge in [0.05, 0.1) is 10.0 Å². The number of halogens is 2. The monoisotopic (exact) mass is 490 g/mol. The highest BCUT2D eigenvalue weighted by Crippen LogP contribution is 2.25. The average molecular weight is 491 g/mol. The first-order valence-electron chi connectivity index (χ1n) is 9.64. The van der Waals surface area contributed by atoms with Crippen LogP contribution in [0.15, 0.2) is 38.9 Å². The Kier molecular flexibility index (Phi) is 8.15. The van der Waals surface area contributed by atoms with E-state index >= 15 is 0 Å². The van der Waals surface area contributed by atoms with Gasteiger partial charge in [0.25, 0.3) is 5.56 Å². The summed E-state index contributed by atoms with van der Waals surface area (Å²) >= 11 is 12.1. The highest BCUT2D eigenvalue weighted by Gasteiger charge is 2.32. The highest BCUT2D eigenvalue weighted by atomic mass is 35.5. The summed E-state index contributed by atoms with van der Waals surface area (Å²) in [7, 11) is 2.17. The van der Waals surface area contributed by atoms with Crippen LogP contribution < -0.4 is 11.2 Å². The molecule has 2 rings (SSSR count). The maximum atomic E-state index is 13.6. The maximum absolute atomic E-state index is 13.6. The molecule has 0 bridgehead atoms. The van der Waals surface area contributed by atoms with Gasteiger partial charge in [-0.2, -0.15) is 4.31 Å². The lowest BCUT2D eigenvalue weighted by Gasteiger charge is -2.33. The molecule has 0 fully saturated rings. The first kappa shape index (κ1) is 25.6. The lowest BCUT2D eigenvalue weighted by molar-refractivity contribution is 0.190. The molecule has 0 aliphatic heterocycles. The minimum absolute atomic E-state index is 0.0116. The van der Waals surface area contributed by atoms with Crippen molar-refractivity contribution >= 4 is 33.2 Å². The molecule has 0 amide bonds. The van der Waals surface area contributed by atoms with Crippen LogP contribution in [0.1, 0.15) is 19.4 Å². The Hall–Kier alpha value is -1.65. The molecule has 2 aromatic rings. The van der Waals surface area contributed by atoms with Crippen molar-refractivity contribution in [2.75, 3.05) is 20.6 Å². The van der Waals surface area contributed by atoms with Crippen LogP contribution in [0.3, 0.4) is 0 Å². The number of hydrogen-bond donors (Lipinski definition) is 0. The molecule has 1 aromatic heterocycles. The lowest BCUT2D eigenvalue weighted by atomic mass is 10.0. The van der Waals surface area contributed by atoms with Gasteiger partial charge in [-0.05, 0) is 37.7 Å². The molecule has 0 aliphatic rings. The SMILES string of the molecule is CC(C)C(CN(Cc1ccc(Cl)c(Cl)c1)S(=O)(=O)c1cn(C)c(=O)n(C)c1=O)N(C)C. The Balaban J connectivity index is 2.64. The van der Waals surface area contributed by atoms with Crippen LogP contribution >= 0.6 is 23.2 Å². The third kappa shape index (κ3) is 5.59. The molecule has 1 unspecified atom stereocenters. The van der Waals surface area contributed by atoms with E-state index in [-0.39, 0.29) is 25.0 Å². The van der Waals surface area contributed by atoms with Gasteiger partial charge in [0, 0.05) is 39.4 Å². The van der Waals surface area contributed by atoms with Gasteiger partial charge in [0.2, 0.25) is 10.0 Å². The number of rotatable bonds is 8. The molecule has 0 radical (unpaired) electrons. The number of hydrogen-bond acceptors (Lipinski definition) is 5. The van der Waals surface area contributed by atoms with Gasteiger partial charge in [0.15, 0.2) is 4.90 Å². The Morgan fingerprint density at radius 3 is 2.19 bits per heavy atom. The third-order valence-corrected chi connectivity index (χ3v) is 7.73. The molecule has 1 heterocycles. The fraction of sp³-hybridized carbons (Fsp3) is 0.500. The summed E-state index contributed by atoms with van der Waals surface area (Å²) in [6, 6.07) is 4.77. The Labute approximate surface area is 192 Å². The van der Waals surface area contributed by atoms with Crippen LogP contribution in [0.5, 0.6) is 0 Å². The smallest absolute Gasteiger partial charge is 0.305 e. The second kappa shape index (κ2) is 9.87. The second-order valence-corrected chi connectivity index (χ2v) is 10.8. The molecule has 0 aliphatic carbocycles.